The van der Waals surface area contributed by atoms with Crippen LogP contribution in [0.2, 0.25) is 5.02 Å². The Morgan fingerprint density at radius 1 is 1.00 bits per heavy atom. The summed E-state index contributed by atoms with van der Waals surface area (Å²) in [7, 11) is 0. The van der Waals surface area contributed by atoms with E-state index in [2.05, 4.69) is 5.32 Å². The van der Waals surface area contributed by atoms with Gasteiger partial charge in [-0.15, -0.1) is 0 Å². The van der Waals surface area contributed by atoms with E-state index >= 15 is 0 Å². The minimum atomic E-state index is -4.78. The Kier molecular flexibility index (Phi) is 4.37. The minimum Gasteiger partial charge on any atom is -0.381 e. The van der Waals surface area contributed by atoms with Gasteiger partial charge in [-0.2, -0.15) is 13.2 Å². The highest BCUT2D eigenvalue weighted by atomic mass is 35.5. The van der Waals surface area contributed by atoms with Gasteiger partial charge >= 0.3 is 6.18 Å². The van der Waals surface area contributed by atoms with Gasteiger partial charge in [0, 0.05) is 12.2 Å². The lowest BCUT2D eigenvalue weighted by Crippen LogP contribution is -2.09. The van der Waals surface area contributed by atoms with Crippen LogP contribution in [0, 0.1) is 11.6 Å². The number of alkyl halides is 3. The second-order valence-corrected chi connectivity index (χ2v) is 4.64. The zero-order chi connectivity index (χ0) is 15.6. The molecule has 1 nitrogen and oxygen atoms in total. The van der Waals surface area contributed by atoms with Crippen LogP contribution in [0.5, 0.6) is 0 Å². The van der Waals surface area contributed by atoms with Crippen molar-refractivity contribution in [2.75, 3.05) is 5.32 Å². The fourth-order valence-corrected chi connectivity index (χ4v) is 1.93. The van der Waals surface area contributed by atoms with Crippen LogP contribution < -0.4 is 5.32 Å². The Morgan fingerprint density at radius 3 is 2.38 bits per heavy atom. The molecule has 0 saturated heterocycles. The van der Waals surface area contributed by atoms with Gasteiger partial charge in [0.2, 0.25) is 0 Å². The maximum Gasteiger partial charge on any atom is 0.419 e. The van der Waals surface area contributed by atoms with Crippen LogP contribution in [-0.4, -0.2) is 0 Å². The third kappa shape index (κ3) is 3.64. The Hall–Kier alpha value is -1.82. The van der Waals surface area contributed by atoms with Gasteiger partial charge in [0.05, 0.1) is 10.6 Å². The molecule has 0 aliphatic rings. The summed E-state index contributed by atoms with van der Waals surface area (Å²) in [4.78, 5) is 0. The SMILES string of the molecule is Fc1ccc(NCc2cccc(F)c2Cl)cc1C(F)(F)F. The third-order valence-corrected chi connectivity index (χ3v) is 3.21. The van der Waals surface area contributed by atoms with Crippen LogP contribution in [0.3, 0.4) is 0 Å². The summed E-state index contributed by atoms with van der Waals surface area (Å²) in [6, 6.07) is 6.68. The number of hydrogen-bond acceptors (Lipinski definition) is 1. The summed E-state index contributed by atoms with van der Waals surface area (Å²) in [5.74, 6) is -1.97. The van der Waals surface area contributed by atoms with Crippen LogP contribution >= 0.6 is 11.6 Å². The minimum absolute atomic E-state index is 0.0134. The van der Waals surface area contributed by atoms with E-state index in [0.717, 1.165) is 12.1 Å². The fourth-order valence-electron chi connectivity index (χ4n) is 1.73. The molecule has 0 aliphatic carbocycles. The lowest BCUT2D eigenvalue weighted by atomic mass is 10.1. The Bertz CT molecular complexity index is 654. The molecular weight excluding hydrogens is 313 g/mol. The van der Waals surface area contributed by atoms with Gasteiger partial charge in [-0.1, -0.05) is 23.7 Å². The quantitative estimate of drug-likeness (QED) is 0.761. The normalized spacial score (nSPS) is 11.5. The van der Waals surface area contributed by atoms with Crippen molar-refractivity contribution >= 4 is 17.3 Å². The number of halogens is 6. The third-order valence-electron chi connectivity index (χ3n) is 2.79. The molecular formula is C14H9ClF5N. The molecule has 21 heavy (non-hydrogen) atoms. The van der Waals surface area contributed by atoms with E-state index in [9.17, 15) is 22.0 Å². The topological polar surface area (TPSA) is 12.0 Å². The van der Waals surface area contributed by atoms with Crippen molar-refractivity contribution in [2.24, 2.45) is 0 Å². The first kappa shape index (κ1) is 15.6. The number of rotatable bonds is 3. The zero-order valence-corrected chi connectivity index (χ0v) is 11.2. The van der Waals surface area contributed by atoms with Gasteiger partial charge in [-0.05, 0) is 29.8 Å². The Balaban J connectivity index is 2.19. The van der Waals surface area contributed by atoms with Crippen LogP contribution in [0.25, 0.3) is 0 Å². The number of hydrogen-bond donors (Lipinski definition) is 1. The Labute approximate surface area is 122 Å². The van der Waals surface area contributed by atoms with E-state index in [-0.39, 0.29) is 17.3 Å². The zero-order valence-electron chi connectivity index (χ0n) is 10.4. The summed E-state index contributed by atoms with van der Waals surface area (Å²) in [6.07, 6.45) is -4.78. The first-order valence-electron chi connectivity index (χ1n) is 5.82. The molecule has 0 atom stereocenters. The van der Waals surface area contributed by atoms with Crippen molar-refractivity contribution < 1.29 is 22.0 Å². The van der Waals surface area contributed by atoms with Gasteiger partial charge in [0.15, 0.2) is 0 Å². The van der Waals surface area contributed by atoms with Gasteiger partial charge < -0.3 is 5.32 Å². The predicted octanol–water partition coefficient (Wildman–Crippen LogP) is 5.25. The largest absolute Gasteiger partial charge is 0.419 e. The molecule has 0 aliphatic heterocycles. The summed E-state index contributed by atoms with van der Waals surface area (Å²) in [5, 5.41) is 2.54. The molecule has 0 unspecified atom stereocenters. The standard InChI is InChI=1S/C14H9ClF5N/c15-13-8(2-1-3-12(13)17)7-21-9-4-5-11(16)10(6-9)14(18,19)20/h1-6,21H,7H2. The molecule has 0 spiro atoms. The smallest absolute Gasteiger partial charge is 0.381 e. The number of benzene rings is 2. The second-order valence-electron chi connectivity index (χ2n) is 4.26. The molecule has 1 N–H and O–H groups in total. The molecule has 0 amide bonds. The molecule has 0 aromatic heterocycles. The van der Waals surface area contributed by atoms with Crippen LogP contribution in [0.15, 0.2) is 36.4 Å². The van der Waals surface area contributed by atoms with Crippen molar-refractivity contribution in [3.63, 3.8) is 0 Å². The van der Waals surface area contributed by atoms with Crippen LogP contribution in [0.1, 0.15) is 11.1 Å². The van der Waals surface area contributed by atoms with Crippen molar-refractivity contribution in [3.8, 4) is 0 Å². The van der Waals surface area contributed by atoms with Crippen molar-refractivity contribution in [3.05, 3.63) is 64.2 Å². The molecule has 2 aromatic rings. The predicted molar refractivity (Wildman–Crippen MR) is 70.1 cm³/mol. The molecule has 2 rings (SSSR count). The molecule has 0 fully saturated rings. The van der Waals surface area contributed by atoms with E-state index in [1.54, 1.807) is 0 Å². The van der Waals surface area contributed by atoms with E-state index in [1.807, 2.05) is 0 Å². The molecule has 7 heteroatoms. The molecule has 0 saturated carbocycles. The van der Waals surface area contributed by atoms with Crippen LogP contribution in [-0.2, 0) is 12.7 Å². The van der Waals surface area contributed by atoms with Crippen molar-refractivity contribution in [1.29, 1.82) is 0 Å². The lowest BCUT2D eigenvalue weighted by molar-refractivity contribution is -0.139. The lowest BCUT2D eigenvalue weighted by Gasteiger charge is -2.12. The van der Waals surface area contributed by atoms with Gasteiger partial charge in [0.1, 0.15) is 11.6 Å². The number of anilines is 1. The molecule has 2 aromatic carbocycles. The second kappa shape index (κ2) is 5.89. The molecule has 0 bridgehead atoms. The highest BCUT2D eigenvalue weighted by Crippen LogP contribution is 2.33. The van der Waals surface area contributed by atoms with Gasteiger partial charge in [-0.25, -0.2) is 8.78 Å². The van der Waals surface area contributed by atoms with E-state index < -0.39 is 23.4 Å². The first-order chi connectivity index (χ1) is 9.79. The molecule has 112 valence electrons. The Morgan fingerprint density at radius 2 is 1.71 bits per heavy atom. The average Bonchev–Trinajstić information content (AvgIpc) is 2.40. The first-order valence-corrected chi connectivity index (χ1v) is 6.20. The van der Waals surface area contributed by atoms with Crippen molar-refractivity contribution in [1.82, 2.24) is 0 Å². The summed E-state index contributed by atoms with van der Waals surface area (Å²) in [5.41, 5.74) is -0.920. The fraction of sp³-hybridized carbons (Fsp3) is 0.143. The average molecular weight is 322 g/mol. The molecule has 0 heterocycles. The highest BCUT2D eigenvalue weighted by molar-refractivity contribution is 6.31. The van der Waals surface area contributed by atoms with E-state index in [4.69, 9.17) is 11.6 Å². The molecule has 0 radical (unpaired) electrons. The summed E-state index contributed by atoms with van der Waals surface area (Å²) in [6.45, 7) is 0.0134. The van der Waals surface area contributed by atoms with Crippen LogP contribution in [0.4, 0.5) is 27.6 Å². The summed E-state index contributed by atoms with van der Waals surface area (Å²) < 4.78 is 64.1. The van der Waals surface area contributed by atoms with E-state index in [1.165, 1.54) is 18.2 Å². The van der Waals surface area contributed by atoms with Crippen molar-refractivity contribution in [2.45, 2.75) is 12.7 Å². The highest BCUT2D eigenvalue weighted by Gasteiger charge is 2.34. The van der Waals surface area contributed by atoms with E-state index in [0.29, 0.717) is 11.6 Å². The van der Waals surface area contributed by atoms with Gasteiger partial charge in [-0.3, -0.25) is 0 Å². The number of nitrogens with one attached hydrogen (secondary N) is 1. The van der Waals surface area contributed by atoms with Gasteiger partial charge in [0.25, 0.3) is 0 Å². The monoisotopic (exact) mass is 321 g/mol. The summed E-state index contributed by atoms with van der Waals surface area (Å²) >= 11 is 5.73. The maximum absolute atomic E-state index is 13.2. The maximum atomic E-state index is 13.2.